The molecule has 5 aromatic rings. The first kappa shape index (κ1) is 28.7. The number of H-pyrrole nitrogens is 1. The third-order valence-corrected chi connectivity index (χ3v) is 7.44. The van der Waals surface area contributed by atoms with Crippen LogP contribution >= 0.6 is 0 Å². The van der Waals surface area contributed by atoms with Crippen molar-refractivity contribution in [2.45, 2.75) is 38.7 Å². The van der Waals surface area contributed by atoms with Crippen molar-refractivity contribution in [2.75, 3.05) is 6.61 Å². The molecule has 11 heteroatoms. The second-order valence-corrected chi connectivity index (χ2v) is 10.6. The van der Waals surface area contributed by atoms with Crippen LogP contribution in [0.1, 0.15) is 44.5 Å². The van der Waals surface area contributed by atoms with Crippen LogP contribution in [0.2, 0.25) is 0 Å². The molecule has 0 unspecified atom stereocenters. The Labute approximate surface area is 251 Å². The van der Waals surface area contributed by atoms with Gasteiger partial charge in [-0.25, -0.2) is 19.6 Å². The van der Waals surface area contributed by atoms with Crippen LogP contribution < -0.4 is 11.0 Å². The molecule has 0 saturated carbocycles. The maximum Gasteiger partial charge on any atom is 0.338 e. The first-order chi connectivity index (χ1) is 21.3. The Morgan fingerprint density at radius 1 is 0.955 bits per heavy atom. The molecule has 1 saturated heterocycles. The Bertz CT molecular complexity index is 1950. The van der Waals surface area contributed by atoms with Crippen molar-refractivity contribution in [1.29, 1.82) is 5.41 Å². The lowest BCUT2D eigenvalue weighted by Gasteiger charge is -2.19. The Kier molecular flexibility index (Phi) is 7.86. The number of aryl methyl sites for hydroxylation is 2. The molecule has 2 N–H and O–H groups in total. The zero-order valence-electron chi connectivity index (χ0n) is 24.0. The molecular weight excluding hydrogens is 562 g/mol. The van der Waals surface area contributed by atoms with E-state index in [0.29, 0.717) is 16.7 Å². The number of nitrogens with zero attached hydrogens (tertiary/aromatic N) is 3. The fourth-order valence-corrected chi connectivity index (χ4v) is 5.01. The Balaban J connectivity index is 1.30. The number of ether oxygens (including phenoxy) is 3. The van der Waals surface area contributed by atoms with Gasteiger partial charge < -0.3 is 19.2 Å². The minimum atomic E-state index is -0.828. The third-order valence-electron chi connectivity index (χ3n) is 7.44. The van der Waals surface area contributed by atoms with E-state index in [1.807, 2.05) is 44.2 Å². The first-order valence-electron chi connectivity index (χ1n) is 14.0. The van der Waals surface area contributed by atoms with Gasteiger partial charge in [0.15, 0.2) is 5.49 Å². The van der Waals surface area contributed by atoms with Crippen LogP contribution in [0.25, 0.3) is 22.4 Å². The van der Waals surface area contributed by atoms with Gasteiger partial charge in [-0.05, 0) is 38.1 Å². The average Bonchev–Trinajstić information content (AvgIpc) is 3.42. The van der Waals surface area contributed by atoms with Gasteiger partial charge in [0, 0.05) is 12.0 Å². The van der Waals surface area contributed by atoms with Gasteiger partial charge in [0.25, 0.3) is 5.56 Å². The number of aromatic amines is 1. The van der Waals surface area contributed by atoms with E-state index in [1.54, 1.807) is 53.1 Å². The summed E-state index contributed by atoms with van der Waals surface area (Å²) in [5.74, 6) is -1.09. The summed E-state index contributed by atoms with van der Waals surface area (Å²) in [7, 11) is 0. The van der Waals surface area contributed by atoms with E-state index in [2.05, 4.69) is 15.0 Å². The zero-order valence-corrected chi connectivity index (χ0v) is 24.0. The van der Waals surface area contributed by atoms with Crippen molar-refractivity contribution in [3.63, 3.8) is 0 Å². The van der Waals surface area contributed by atoms with Crippen molar-refractivity contribution in [1.82, 2.24) is 19.5 Å². The molecule has 44 heavy (non-hydrogen) atoms. The van der Waals surface area contributed by atoms with Crippen molar-refractivity contribution < 1.29 is 23.8 Å². The van der Waals surface area contributed by atoms with Crippen LogP contribution in [0.15, 0.2) is 90.0 Å². The molecule has 3 heterocycles. The Morgan fingerprint density at radius 2 is 1.59 bits per heavy atom. The van der Waals surface area contributed by atoms with Crippen molar-refractivity contribution >= 4 is 23.1 Å². The number of hydrogen-bond acceptors (Lipinski definition) is 9. The molecular formula is C33H29N5O6. The summed E-state index contributed by atoms with van der Waals surface area (Å²) in [6.45, 7) is 3.65. The molecule has 222 valence electrons. The van der Waals surface area contributed by atoms with Gasteiger partial charge >= 0.3 is 11.9 Å². The van der Waals surface area contributed by atoms with Gasteiger partial charge in [-0.3, -0.25) is 14.8 Å². The SMILES string of the molecule is Cc1ccc(C(=O)OC[C@H]2O[C@H](n3cnc(=N)c4nc(-c5ccccc5)c(=O)[nH]c43)C[C@@H]2OC(=O)c2ccc(C)cc2)cc1. The molecule has 1 aliphatic rings. The minimum absolute atomic E-state index is 0.131. The minimum Gasteiger partial charge on any atom is -0.459 e. The van der Waals surface area contributed by atoms with Crippen molar-refractivity contribution in [2.24, 2.45) is 0 Å². The molecule has 0 amide bonds. The number of hydrogen-bond donors (Lipinski definition) is 2. The molecule has 0 spiro atoms. The zero-order chi connectivity index (χ0) is 30.8. The van der Waals surface area contributed by atoms with Crippen LogP contribution in [-0.4, -0.2) is 50.3 Å². The molecule has 6 rings (SSSR count). The van der Waals surface area contributed by atoms with Crippen LogP contribution in [0.4, 0.5) is 0 Å². The molecule has 2 aromatic heterocycles. The van der Waals surface area contributed by atoms with Crippen LogP contribution in [0.5, 0.6) is 0 Å². The van der Waals surface area contributed by atoms with Gasteiger partial charge in [-0.1, -0.05) is 65.7 Å². The molecule has 1 aliphatic heterocycles. The predicted molar refractivity (Wildman–Crippen MR) is 160 cm³/mol. The lowest BCUT2D eigenvalue weighted by atomic mass is 10.1. The number of nitrogens with one attached hydrogen (secondary N) is 2. The fraction of sp³-hybridized carbons (Fsp3) is 0.212. The number of aromatic nitrogens is 4. The van der Waals surface area contributed by atoms with Gasteiger partial charge in [-0.2, -0.15) is 0 Å². The van der Waals surface area contributed by atoms with Crippen LogP contribution in [0, 0.1) is 19.3 Å². The van der Waals surface area contributed by atoms with Gasteiger partial charge in [0.1, 0.15) is 48.2 Å². The summed E-state index contributed by atoms with van der Waals surface area (Å²) < 4.78 is 19.3. The Hall–Kier alpha value is -5.42. The number of carbonyl (C=O) groups is 2. The molecule has 3 atom stereocenters. The molecule has 0 bridgehead atoms. The lowest BCUT2D eigenvalue weighted by Crippen LogP contribution is -2.32. The fourth-order valence-electron chi connectivity index (χ4n) is 5.01. The molecule has 3 aromatic carbocycles. The van der Waals surface area contributed by atoms with E-state index >= 15 is 0 Å². The summed E-state index contributed by atoms with van der Waals surface area (Å²) in [5, 5.41) is 8.37. The smallest absolute Gasteiger partial charge is 0.338 e. The molecule has 0 aliphatic carbocycles. The van der Waals surface area contributed by atoms with E-state index in [0.717, 1.165) is 11.1 Å². The highest BCUT2D eigenvalue weighted by molar-refractivity contribution is 5.90. The molecule has 0 radical (unpaired) electrons. The molecule has 1 fully saturated rings. The highest BCUT2D eigenvalue weighted by Crippen LogP contribution is 2.33. The van der Waals surface area contributed by atoms with E-state index in [4.69, 9.17) is 19.6 Å². The van der Waals surface area contributed by atoms with Gasteiger partial charge in [-0.15, -0.1) is 0 Å². The number of carbonyl (C=O) groups excluding carboxylic acids is 2. The van der Waals surface area contributed by atoms with Crippen molar-refractivity contribution in [3.8, 4) is 11.3 Å². The Morgan fingerprint density at radius 3 is 2.25 bits per heavy atom. The molecule has 11 nitrogen and oxygen atoms in total. The predicted octanol–water partition coefficient (Wildman–Crippen LogP) is 4.25. The first-order valence-corrected chi connectivity index (χ1v) is 14.0. The standard InChI is InChI=1S/C33H29N5O6/c1-19-8-12-22(13-9-19)32(40)42-17-25-24(44-33(41)23-14-10-20(2)11-15-23)16-26(43-25)38-18-35-29(34)28-30(38)37-31(39)27(36-28)21-6-4-3-5-7-21/h3-15,18,24-26,34H,16-17H2,1-2H3,(H,37,39)/t24-,25+,26-/m0/s1. The second kappa shape index (κ2) is 12.1. The van der Waals surface area contributed by atoms with Crippen LogP contribution in [0.3, 0.4) is 0 Å². The summed E-state index contributed by atoms with van der Waals surface area (Å²) in [6, 6.07) is 22.9. The van der Waals surface area contributed by atoms with E-state index in [9.17, 15) is 14.4 Å². The number of rotatable bonds is 7. The third kappa shape index (κ3) is 5.90. The maximum atomic E-state index is 13.1. The number of esters is 2. The van der Waals surface area contributed by atoms with Gasteiger partial charge in [0.05, 0.1) is 11.1 Å². The summed E-state index contributed by atoms with van der Waals surface area (Å²) in [6.07, 6.45) is -0.892. The van der Waals surface area contributed by atoms with E-state index in [-0.39, 0.29) is 35.4 Å². The summed E-state index contributed by atoms with van der Waals surface area (Å²) in [5.41, 5.74) is 3.31. The highest BCUT2D eigenvalue weighted by atomic mass is 16.6. The number of benzene rings is 3. The highest BCUT2D eigenvalue weighted by Gasteiger charge is 2.40. The quantitative estimate of drug-likeness (QED) is 0.267. The summed E-state index contributed by atoms with van der Waals surface area (Å²) in [4.78, 5) is 50.5. The second-order valence-electron chi connectivity index (χ2n) is 10.6. The largest absolute Gasteiger partial charge is 0.459 e. The summed E-state index contributed by atoms with van der Waals surface area (Å²) >= 11 is 0. The van der Waals surface area contributed by atoms with E-state index < -0.39 is 35.9 Å². The average molecular weight is 592 g/mol. The number of fused-ring (bicyclic) bond motifs is 1. The topological polar surface area (TPSA) is 149 Å². The maximum absolute atomic E-state index is 13.1. The lowest BCUT2D eigenvalue weighted by molar-refractivity contribution is -0.0565. The van der Waals surface area contributed by atoms with Crippen molar-refractivity contribution in [3.05, 3.63) is 123 Å². The monoisotopic (exact) mass is 591 g/mol. The van der Waals surface area contributed by atoms with Gasteiger partial charge in [0.2, 0.25) is 0 Å². The van der Waals surface area contributed by atoms with Crippen LogP contribution in [-0.2, 0) is 14.2 Å². The van der Waals surface area contributed by atoms with E-state index in [1.165, 1.54) is 6.33 Å². The normalized spacial score (nSPS) is 17.8.